The Bertz CT molecular complexity index is 446. The summed E-state index contributed by atoms with van der Waals surface area (Å²) in [6, 6.07) is 3.12. The lowest BCUT2D eigenvalue weighted by Crippen LogP contribution is -2.06. The zero-order chi connectivity index (χ0) is 10.7. The van der Waals surface area contributed by atoms with Gasteiger partial charge in [0.25, 0.3) is 5.91 Å². The molecule has 0 aromatic heterocycles. The van der Waals surface area contributed by atoms with Crippen LogP contribution in [-0.2, 0) is 4.79 Å². The number of anilines is 1. The maximum absolute atomic E-state index is 10.4. The molecule has 0 aliphatic carbocycles. The average molecular weight is 229 g/mol. The number of benzene rings is 1. The summed E-state index contributed by atoms with van der Waals surface area (Å²) in [4.78, 5) is 10.4. The minimum absolute atomic E-state index is 0.223. The second-order valence-corrected chi connectivity index (χ2v) is 3.20. The van der Waals surface area contributed by atoms with Crippen molar-refractivity contribution in [3.8, 4) is 11.8 Å². The Labute approximate surface area is 91.0 Å². The minimum Gasteiger partial charge on any atom is -0.397 e. The summed E-state index contributed by atoms with van der Waals surface area (Å²) >= 11 is 11.6. The van der Waals surface area contributed by atoms with Crippen LogP contribution in [0.5, 0.6) is 0 Å². The number of carbonyl (C=O) groups excluding carboxylic acids is 1. The Hall–Kier alpha value is -1.37. The van der Waals surface area contributed by atoms with E-state index in [1.807, 2.05) is 0 Å². The summed E-state index contributed by atoms with van der Waals surface area (Å²) in [5.74, 6) is 3.91. The quantitative estimate of drug-likeness (QED) is 0.521. The highest BCUT2D eigenvalue weighted by Gasteiger charge is 2.05. The molecule has 0 atom stereocenters. The van der Waals surface area contributed by atoms with Crippen LogP contribution in [0, 0.1) is 11.8 Å². The second-order valence-electron chi connectivity index (χ2n) is 2.44. The van der Waals surface area contributed by atoms with Crippen molar-refractivity contribution >= 4 is 34.8 Å². The molecule has 1 rings (SSSR count). The van der Waals surface area contributed by atoms with Gasteiger partial charge in [0.15, 0.2) is 0 Å². The number of nitrogen functional groups attached to an aromatic ring is 1. The van der Waals surface area contributed by atoms with Crippen LogP contribution in [0.1, 0.15) is 5.56 Å². The molecule has 1 aromatic carbocycles. The zero-order valence-corrected chi connectivity index (χ0v) is 8.49. The Morgan fingerprint density at radius 1 is 1.29 bits per heavy atom. The summed E-state index contributed by atoms with van der Waals surface area (Å²) in [7, 11) is 0. The predicted octanol–water partition coefficient (Wildman–Crippen LogP) is 1.41. The maximum Gasteiger partial charge on any atom is 0.293 e. The molecule has 0 aliphatic heterocycles. The molecular formula is C9H6Cl2N2O. The van der Waals surface area contributed by atoms with Gasteiger partial charge in [-0.25, -0.2) is 0 Å². The van der Waals surface area contributed by atoms with Crippen LogP contribution in [-0.4, -0.2) is 5.91 Å². The third-order valence-electron chi connectivity index (χ3n) is 1.43. The molecule has 1 amide bonds. The largest absolute Gasteiger partial charge is 0.397 e. The van der Waals surface area contributed by atoms with Crippen LogP contribution in [0.4, 0.5) is 5.69 Å². The second kappa shape index (κ2) is 4.23. The van der Waals surface area contributed by atoms with E-state index < -0.39 is 5.91 Å². The van der Waals surface area contributed by atoms with Gasteiger partial charge in [-0.3, -0.25) is 4.79 Å². The molecule has 5 heteroatoms. The Balaban J connectivity index is 3.20. The van der Waals surface area contributed by atoms with Crippen LogP contribution >= 0.6 is 23.2 Å². The molecule has 0 bridgehead atoms. The fourth-order valence-electron chi connectivity index (χ4n) is 0.790. The number of hydrogen-bond donors (Lipinski definition) is 2. The van der Waals surface area contributed by atoms with Gasteiger partial charge in [-0.1, -0.05) is 29.1 Å². The number of hydrogen-bond acceptors (Lipinski definition) is 2. The molecule has 0 fully saturated rings. The molecule has 1 aromatic rings. The van der Waals surface area contributed by atoms with Gasteiger partial charge in [0.2, 0.25) is 0 Å². The number of nitrogens with two attached hydrogens (primary N) is 2. The first-order chi connectivity index (χ1) is 6.52. The Morgan fingerprint density at radius 3 is 2.50 bits per heavy atom. The number of carbonyl (C=O) groups is 1. The van der Waals surface area contributed by atoms with E-state index in [0.717, 1.165) is 0 Å². The van der Waals surface area contributed by atoms with E-state index in [0.29, 0.717) is 11.3 Å². The van der Waals surface area contributed by atoms with Gasteiger partial charge < -0.3 is 11.5 Å². The van der Waals surface area contributed by atoms with Crippen LogP contribution in [0.15, 0.2) is 12.1 Å². The molecule has 14 heavy (non-hydrogen) atoms. The monoisotopic (exact) mass is 228 g/mol. The number of primary amides is 1. The third kappa shape index (κ3) is 2.32. The zero-order valence-electron chi connectivity index (χ0n) is 6.97. The number of halogens is 2. The average Bonchev–Trinajstić information content (AvgIpc) is 2.13. The van der Waals surface area contributed by atoms with Crippen LogP contribution in [0.25, 0.3) is 0 Å². The van der Waals surface area contributed by atoms with E-state index in [4.69, 9.17) is 34.7 Å². The molecule has 0 aliphatic rings. The first-order valence-electron chi connectivity index (χ1n) is 3.57. The van der Waals surface area contributed by atoms with Crippen molar-refractivity contribution in [1.82, 2.24) is 0 Å². The summed E-state index contributed by atoms with van der Waals surface area (Å²) in [6.07, 6.45) is 0. The number of amides is 1. The van der Waals surface area contributed by atoms with Gasteiger partial charge in [0, 0.05) is 11.5 Å². The van der Waals surface area contributed by atoms with Gasteiger partial charge in [0.1, 0.15) is 0 Å². The molecule has 3 nitrogen and oxygen atoms in total. The van der Waals surface area contributed by atoms with E-state index in [-0.39, 0.29) is 10.0 Å². The summed E-state index contributed by atoms with van der Waals surface area (Å²) in [5, 5.41) is 0.448. The van der Waals surface area contributed by atoms with Gasteiger partial charge in [-0.05, 0) is 12.1 Å². The van der Waals surface area contributed by atoms with Gasteiger partial charge in [-0.2, -0.15) is 0 Å². The normalized spacial score (nSPS) is 9.00. The van der Waals surface area contributed by atoms with Crippen molar-refractivity contribution in [2.45, 2.75) is 0 Å². The maximum atomic E-state index is 10.4. The molecule has 0 spiro atoms. The van der Waals surface area contributed by atoms with Crippen molar-refractivity contribution in [2.75, 3.05) is 5.73 Å². The SMILES string of the molecule is NC(=O)C#Cc1ccc(N)c(Cl)c1Cl. The van der Waals surface area contributed by atoms with Gasteiger partial charge in [0.05, 0.1) is 15.7 Å². The molecule has 0 heterocycles. The van der Waals surface area contributed by atoms with Crippen LogP contribution < -0.4 is 11.5 Å². The van der Waals surface area contributed by atoms with Crippen molar-refractivity contribution in [2.24, 2.45) is 5.73 Å². The lowest BCUT2D eigenvalue weighted by molar-refractivity contribution is -0.112. The van der Waals surface area contributed by atoms with Crippen molar-refractivity contribution in [3.63, 3.8) is 0 Å². The standard InChI is InChI=1S/C9H6Cl2N2O/c10-8-5(2-4-7(13)14)1-3-6(12)9(8)11/h1,3H,12H2,(H2,13,14). The van der Waals surface area contributed by atoms with E-state index in [9.17, 15) is 4.79 Å². The van der Waals surface area contributed by atoms with E-state index >= 15 is 0 Å². The molecule has 0 saturated carbocycles. The highest BCUT2D eigenvalue weighted by Crippen LogP contribution is 2.30. The molecule has 4 N–H and O–H groups in total. The van der Waals surface area contributed by atoms with Gasteiger partial charge in [-0.15, -0.1) is 0 Å². The molecule has 0 saturated heterocycles. The summed E-state index contributed by atoms with van der Waals surface area (Å²) in [5.41, 5.74) is 11.1. The molecule has 0 unspecified atom stereocenters. The summed E-state index contributed by atoms with van der Waals surface area (Å²) in [6.45, 7) is 0. The Morgan fingerprint density at radius 2 is 1.93 bits per heavy atom. The van der Waals surface area contributed by atoms with Crippen molar-refractivity contribution < 1.29 is 4.79 Å². The minimum atomic E-state index is -0.728. The smallest absolute Gasteiger partial charge is 0.293 e. The first kappa shape index (κ1) is 10.7. The fourth-order valence-corrected chi connectivity index (χ4v) is 1.17. The molecule has 72 valence electrons. The van der Waals surface area contributed by atoms with Gasteiger partial charge >= 0.3 is 0 Å². The van der Waals surface area contributed by atoms with E-state index in [1.54, 1.807) is 12.1 Å². The lowest BCUT2D eigenvalue weighted by atomic mass is 10.2. The first-order valence-corrected chi connectivity index (χ1v) is 4.33. The van der Waals surface area contributed by atoms with E-state index in [1.165, 1.54) is 0 Å². The lowest BCUT2D eigenvalue weighted by Gasteiger charge is -2.01. The highest BCUT2D eigenvalue weighted by atomic mass is 35.5. The van der Waals surface area contributed by atoms with Crippen molar-refractivity contribution in [1.29, 1.82) is 0 Å². The predicted molar refractivity (Wildman–Crippen MR) is 56.9 cm³/mol. The highest BCUT2D eigenvalue weighted by molar-refractivity contribution is 6.44. The topological polar surface area (TPSA) is 69.1 Å². The molecular weight excluding hydrogens is 223 g/mol. The summed E-state index contributed by atoms with van der Waals surface area (Å²) < 4.78 is 0. The third-order valence-corrected chi connectivity index (χ3v) is 2.33. The van der Waals surface area contributed by atoms with E-state index in [2.05, 4.69) is 11.8 Å². The fraction of sp³-hybridized carbons (Fsp3) is 0. The Kier molecular flexibility index (Phi) is 3.23. The molecule has 0 radical (unpaired) electrons. The number of rotatable bonds is 0. The van der Waals surface area contributed by atoms with Crippen LogP contribution in [0.2, 0.25) is 10.0 Å². The van der Waals surface area contributed by atoms with Crippen LogP contribution in [0.3, 0.4) is 0 Å². The van der Waals surface area contributed by atoms with Crippen molar-refractivity contribution in [3.05, 3.63) is 27.7 Å².